The van der Waals surface area contributed by atoms with E-state index < -0.39 is 0 Å². The highest BCUT2D eigenvalue weighted by Crippen LogP contribution is 2.39. The predicted molar refractivity (Wildman–Crippen MR) is 139 cm³/mol. The Kier molecular flexibility index (Phi) is 7.90. The zero-order valence-corrected chi connectivity index (χ0v) is 21.1. The number of hydrogen-bond donors (Lipinski definition) is 2. The fourth-order valence-corrected chi connectivity index (χ4v) is 4.45. The maximum Gasteiger partial charge on any atom is 0.231 e. The molecule has 1 atom stereocenters. The maximum absolute atomic E-state index is 13.7. The van der Waals surface area contributed by atoms with Crippen LogP contribution in [0.4, 0.5) is 0 Å². The smallest absolute Gasteiger partial charge is 0.231 e. The molecule has 9 heteroatoms. The normalized spacial score (nSPS) is 12.4. The van der Waals surface area contributed by atoms with Gasteiger partial charge in [0.1, 0.15) is 5.82 Å². The van der Waals surface area contributed by atoms with Gasteiger partial charge in [-0.15, -0.1) is 10.2 Å². The predicted octanol–water partition coefficient (Wildman–Crippen LogP) is 3.62. The lowest BCUT2D eigenvalue weighted by atomic mass is 9.84. The van der Waals surface area contributed by atoms with E-state index in [0.29, 0.717) is 31.9 Å². The van der Waals surface area contributed by atoms with E-state index in [9.17, 15) is 4.79 Å². The molecule has 188 valence electrons. The van der Waals surface area contributed by atoms with E-state index in [1.54, 1.807) is 0 Å². The zero-order chi connectivity index (χ0) is 25.5. The monoisotopic (exact) mass is 486 g/mol. The van der Waals surface area contributed by atoms with Crippen molar-refractivity contribution in [2.24, 2.45) is 11.1 Å². The number of nitrogens with two attached hydrogens (primary N) is 1. The van der Waals surface area contributed by atoms with Gasteiger partial charge in [-0.05, 0) is 23.9 Å². The van der Waals surface area contributed by atoms with E-state index in [4.69, 9.17) is 10.7 Å². The van der Waals surface area contributed by atoms with Crippen molar-refractivity contribution in [3.63, 3.8) is 0 Å². The Morgan fingerprint density at radius 2 is 1.78 bits per heavy atom. The third-order valence-corrected chi connectivity index (χ3v) is 6.07. The van der Waals surface area contributed by atoms with Gasteiger partial charge in [-0.25, -0.2) is 4.98 Å². The molecule has 4 aromatic rings. The number of carbonyl (C=O) groups is 1. The standard InChI is InChI=1S/C27H34N8O/c1-27(2,3)25(35(16-10-15-28)24(36)17-23-30-32-33-31-23)26-29-22(21-13-8-5-9-14-21)19-34(26)18-20-11-6-4-7-12-20/h4-9,11-14,19,25H,10,15-18,28H2,1-3H3,(H,30,31,32,33). The van der Waals surface area contributed by atoms with Gasteiger partial charge < -0.3 is 15.2 Å². The minimum absolute atomic E-state index is 0.0542. The van der Waals surface area contributed by atoms with Gasteiger partial charge in [0.2, 0.25) is 5.91 Å². The number of benzene rings is 2. The molecule has 0 saturated carbocycles. The van der Waals surface area contributed by atoms with Gasteiger partial charge >= 0.3 is 0 Å². The van der Waals surface area contributed by atoms with Crippen LogP contribution in [0.25, 0.3) is 11.3 Å². The van der Waals surface area contributed by atoms with Gasteiger partial charge in [0.25, 0.3) is 0 Å². The first kappa shape index (κ1) is 25.2. The van der Waals surface area contributed by atoms with Crippen LogP contribution in [0.2, 0.25) is 0 Å². The van der Waals surface area contributed by atoms with E-state index in [-0.39, 0.29) is 23.8 Å². The lowest BCUT2D eigenvalue weighted by molar-refractivity contribution is -0.136. The van der Waals surface area contributed by atoms with E-state index in [0.717, 1.165) is 22.6 Å². The molecule has 1 unspecified atom stereocenters. The average molecular weight is 487 g/mol. The molecule has 0 aliphatic rings. The van der Waals surface area contributed by atoms with Crippen LogP contribution >= 0.6 is 0 Å². The Morgan fingerprint density at radius 1 is 1.08 bits per heavy atom. The third-order valence-electron chi connectivity index (χ3n) is 6.07. The Balaban J connectivity index is 1.81. The van der Waals surface area contributed by atoms with Crippen molar-refractivity contribution in [1.82, 2.24) is 35.1 Å². The average Bonchev–Trinajstić information content (AvgIpc) is 3.52. The van der Waals surface area contributed by atoms with Crippen LogP contribution in [0.15, 0.2) is 66.9 Å². The molecule has 9 nitrogen and oxygen atoms in total. The molecule has 2 aromatic heterocycles. The molecule has 0 spiro atoms. The summed E-state index contributed by atoms with van der Waals surface area (Å²) in [5, 5.41) is 14.0. The van der Waals surface area contributed by atoms with Crippen molar-refractivity contribution in [3.8, 4) is 11.3 Å². The van der Waals surface area contributed by atoms with E-state index in [1.807, 2.05) is 41.3 Å². The van der Waals surface area contributed by atoms with Gasteiger partial charge in [-0.3, -0.25) is 4.79 Å². The van der Waals surface area contributed by atoms with Crippen molar-refractivity contribution >= 4 is 5.91 Å². The fraction of sp³-hybridized carbons (Fsp3) is 0.370. The lowest BCUT2D eigenvalue weighted by Gasteiger charge is -2.40. The SMILES string of the molecule is CC(C)(C)C(c1nc(-c2ccccc2)cn1Cc1ccccc1)N(CCCN)C(=O)Cc1nn[nH]n1. The van der Waals surface area contributed by atoms with Crippen molar-refractivity contribution in [3.05, 3.63) is 84.1 Å². The molecule has 0 aliphatic heterocycles. The fourth-order valence-electron chi connectivity index (χ4n) is 4.45. The first-order valence-corrected chi connectivity index (χ1v) is 12.2. The van der Waals surface area contributed by atoms with Gasteiger partial charge in [-0.1, -0.05) is 86.6 Å². The van der Waals surface area contributed by atoms with Crippen LogP contribution in [0, 0.1) is 5.41 Å². The van der Waals surface area contributed by atoms with Crippen LogP contribution < -0.4 is 5.73 Å². The second kappa shape index (κ2) is 11.3. The van der Waals surface area contributed by atoms with Crippen LogP contribution in [0.5, 0.6) is 0 Å². The summed E-state index contributed by atoms with van der Waals surface area (Å²) in [7, 11) is 0. The first-order valence-electron chi connectivity index (χ1n) is 12.2. The van der Waals surface area contributed by atoms with Crippen molar-refractivity contribution in [2.75, 3.05) is 13.1 Å². The molecule has 2 heterocycles. The summed E-state index contributed by atoms with van der Waals surface area (Å²) in [5.74, 6) is 1.12. The maximum atomic E-state index is 13.7. The molecule has 0 bridgehead atoms. The highest BCUT2D eigenvalue weighted by atomic mass is 16.2. The number of H-pyrrole nitrogens is 1. The summed E-state index contributed by atoms with van der Waals surface area (Å²) in [4.78, 5) is 20.7. The quantitative estimate of drug-likeness (QED) is 0.353. The number of rotatable bonds is 10. The first-order chi connectivity index (χ1) is 17.4. The molecule has 36 heavy (non-hydrogen) atoms. The zero-order valence-electron chi connectivity index (χ0n) is 21.1. The third kappa shape index (κ3) is 6.04. The number of carbonyl (C=O) groups excluding carboxylic acids is 1. The number of hydrogen-bond acceptors (Lipinski definition) is 6. The number of aromatic nitrogens is 6. The molecule has 0 radical (unpaired) electrons. The minimum atomic E-state index is -0.310. The molecular formula is C27H34N8O. The van der Waals surface area contributed by atoms with E-state index in [2.05, 4.69) is 76.4 Å². The van der Waals surface area contributed by atoms with Crippen LogP contribution in [0.1, 0.15) is 50.4 Å². The highest BCUT2D eigenvalue weighted by molar-refractivity contribution is 5.78. The molecule has 1 amide bonds. The molecule has 4 rings (SSSR count). The Hall–Kier alpha value is -3.85. The summed E-state index contributed by atoms with van der Waals surface area (Å²) < 4.78 is 2.17. The highest BCUT2D eigenvalue weighted by Gasteiger charge is 2.38. The summed E-state index contributed by atoms with van der Waals surface area (Å²) in [6.45, 7) is 8.05. The van der Waals surface area contributed by atoms with E-state index >= 15 is 0 Å². The Bertz CT molecular complexity index is 1230. The van der Waals surface area contributed by atoms with Gasteiger partial charge in [-0.2, -0.15) is 5.21 Å². The number of aromatic amines is 1. The van der Waals surface area contributed by atoms with Crippen LogP contribution in [-0.4, -0.2) is 54.1 Å². The van der Waals surface area contributed by atoms with Crippen molar-refractivity contribution in [2.45, 2.75) is 46.2 Å². The summed E-state index contributed by atoms with van der Waals surface area (Å²) >= 11 is 0. The Morgan fingerprint density at radius 3 is 2.39 bits per heavy atom. The van der Waals surface area contributed by atoms with Gasteiger partial charge in [0.15, 0.2) is 5.82 Å². The topological polar surface area (TPSA) is 119 Å². The molecule has 0 aliphatic carbocycles. The summed E-state index contributed by atoms with van der Waals surface area (Å²) in [6.07, 6.45) is 2.81. The largest absolute Gasteiger partial charge is 0.332 e. The number of nitrogens with zero attached hydrogens (tertiary/aromatic N) is 6. The molecule has 0 saturated heterocycles. The number of tetrazole rings is 1. The number of imidazole rings is 1. The van der Waals surface area contributed by atoms with Crippen LogP contribution in [0.3, 0.4) is 0 Å². The van der Waals surface area contributed by atoms with Crippen molar-refractivity contribution < 1.29 is 4.79 Å². The molecular weight excluding hydrogens is 452 g/mol. The lowest BCUT2D eigenvalue weighted by Crippen LogP contribution is -2.44. The minimum Gasteiger partial charge on any atom is -0.332 e. The molecule has 0 fully saturated rings. The molecule has 3 N–H and O–H groups in total. The number of nitrogens with one attached hydrogen (secondary N) is 1. The Labute approximate surface area is 211 Å². The number of amides is 1. The summed E-state index contributed by atoms with van der Waals surface area (Å²) in [6, 6.07) is 20.1. The van der Waals surface area contributed by atoms with Gasteiger partial charge in [0, 0.05) is 24.8 Å². The van der Waals surface area contributed by atoms with Crippen molar-refractivity contribution in [1.29, 1.82) is 0 Å². The van der Waals surface area contributed by atoms with Crippen LogP contribution in [-0.2, 0) is 17.8 Å². The summed E-state index contributed by atoms with van der Waals surface area (Å²) in [5.41, 5.74) is 8.63. The second-order valence-electron chi connectivity index (χ2n) is 9.97. The van der Waals surface area contributed by atoms with Gasteiger partial charge in [0.05, 0.1) is 18.2 Å². The molecule has 2 aromatic carbocycles. The second-order valence-corrected chi connectivity index (χ2v) is 9.97. The van der Waals surface area contributed by atoms with E-state index in [1.165, 1.54) is 0 Å².